The van der Waals surface area contributed by atoms with Gasteiger partial charge in [0.05, 0.1) is 0 Å². The number of hydrogen-bond donors (Lipinski definition) is 2. The molecule has 0 spiro atoms. The Labute approximate surface area is 98.2 Å². The highest BCUT2D eigenvalue weighted by Gasteiger charge is 2.10. The van der Waals surface area contributed by atoms with Gasteiger partial charge in [-0.3, -0.25) is 11.3 Å². The first kappa shape index (κ1) is 13.2. The van der Waals surface area contributed by atoms with Crippen LogP contribution in [0.25, 0.3) is 0 Å². The van der Waals surface area contributed by atoms with E-state index in [1.807, 2.05) is 19.4 Å². The van der Waals surface area contributed by atoms with Crippen LogP contribution in [0.3, 0.4) is 0 Å². The topological polar surface area (TPSA) is 55.9 Å². The summed E-state index contributed by atoms with van der Waals surface area (Å²) in [6.45, 7) is 2.23. The zero-order chi connectivity index (χ0) is 11.8. The van der Waals surface area contributed by atoms with E-state index in [1.54, 1.807) is 0 Å². The predicted molar refractivity (Wildman–Crippen MR) is 66.8 cm³/mol. The van der Waals surface area contributed by atoms with Gasteiger partial charge in [-0.2, -0.15) is 0 Å². The van der Waals surface area contributed by atoms with Crippen LogP contribution in [0, 0.1) is 0 Å². The third kappa shape index (κ3) is 4.33. The van der Waals surface area contributed by atoms with Gasteiger partial charge in [0, 0.05) is 31.9 Å². The van der Waals surface area contributed by atoms with Gasteiger partial charge >= 0.3 is 0 Å². The van der Waals surface area contributed by atoms with Gasteiger partial charge in [-0.1, -0.05) is 32.6 Å². The van der Waals surface area contributed by atoms with Crippen molar-refractivity contribution in [3.8, 4) is 0 Å². The lowest BCUT2D eigenvalue weighted by molar-refractivity contribution is 0.452. The van der Waals surface area contributed by atoms with Gasteiger partial charge in [0.2, 0.25) is 0 Å². The average molecular weight is 224 g/mol. The molecule has 1 unspecified atom stereocenters. The minimum atomic E-state index is 0.345. The molecular weight excluding hydrogens is 200 g/mol. The Morgan fingerprint density at radius 3 is 2.81 bits per heavy atom. The molecule has 16 heavy (non-hydrogen) atoms. The van der Waals surface area contributed by atoms with Crippen LogP contribution in [0.5, 0.6) is 0 Å². The number of rotatable bonds is 8. The molecule has 0 aliphatic heterocycles. The van der Waals surface area contributed by atoms with Crippen LogP contribution in [0.1, 0.15) is 44.9 Å². The molecule has 1 atom stereocenters. The van der Waals surface area contributed by atoms with Crippen LogP contribution >= 0.6 is 0 Å². The van der Waals surface area contributed by atoms with Gasteiger partial charge in [0.1, 0.15) is 5.82 Å². The number of nitrogens with one attached hydrogen (secondary N) is 1. The van der Waals surface area contributed by atoms with Crippen LogP contribution in [0.4, 0.5) is 0 Å². The van der Waals surface area contributed by atoms with Gasteiger partial charge in [0.15, 0.2) is 0 Å². The Hall–Kier alpha value is -0.870. The number of nitrogens with two attached hydrogens (primary N) is 1. The van der Waals surface area contributed by atoms with E-state index in [2.05, 4.69) is 21.9 Å². The van der Waals surface area contributed by atoms with Crippen molar-refractivity contribution in [2.45, 2.75) is 51.5 Å². The Morgan fingerprint density at radius 1 is 1.44 bits per heavy atom. The lowest BCUT2D eigenvalue weighted by Gasteiger charge is -2.15. The van der Waals surface area contributed by atoms with Crippen LogP contribution < -0.4 is 11.3 Å². The third-order valence-electron chi connectivity index (χ3n) is 2.99. The Kier molecular flexibility index (Phi) is 6.11. The molecule has 0 aliphatic carbocycles. The molecule has 0 aromatic carbocycles. The second kappa shape index (κ2) is 7.41. The van der Waals surface area contributed by atoms with E-state index in [4.69, 9.17) is 5.84 Å². The highest BCUT2D eigenvalue weighted by atomic mass is 15.2. The number of hydrazine groups is 1. The maximum absolute atomic E-state index is 5.57. The quantitative estimate of drug-likeness (QED) is 0.402. The maximum atomic E-state index is 5.57. The lowest BCUT2D eigenvalue weighted by Crippen LogP contribution is -2.37. The first-order valence-corrected chi connectivity index (χ1v) is 6.20. The number of nitrogens with zero attached hydrogens (tertiary/aromatic N) is 2. The van der Waals surface area contributed by atoms with Crippen molar-refractivity contribution in [1.82, 2.24) is 15.0 Å². The van der Waals surface area contributed by atoms with E-state index < -0.39 is 0 Å². The minimum Gasteiger partial charge on any atom is -0.338 e. The van der Waals surface area contributed by atoms with E-state index in [9.17, 15) is 0 Å². The number of unbranched alkanes of at least 4 members (excludes halogenated alkanes) is 3. The summed E-state index contributed by atoms with van der Waals surface area (Å²) in [5.41, 5.74) is 2.89. The first-order valence-electron chi connectivity index (χ1n) is 6.20. The summed E-state index contributed by atoms with van der Waals surface area (Å²) in [6, 6.07) is 0.345. The van der Waals surface area contributed by atoms with Crippen molar-refractivity contribution in [2.24, 2.45) is 12.9 Å². The zero-order valence-corrected chi connectivity index (χ0v) is 10.4. The van der Waals surface area contributed by atoms with Crippen LogP contribution in [-0.2, 0) is 13.5 Å². The summed E-state index contributed by atoms with van der Waals surface area (Å²) in [4.78, 5) is 4.32. The van der Waals surface area contributed by atoms with Crippen LogP contribution in [0.2, 0.25) is 0 Å². The molecule has 4 heteroatoms. The van der Waals surface area contributed by atoms with Gasteiger partial charge in [0.25, 0.3) is 0 Å². The largest absolute Gasteiger partial charge is 0.338 e. The third-order valence-corrected chi connectivity index (χ3v) is 2.99. The summed E-state index contributed by atoms with van der Waals surface area (Å²) < 4.78 is 2.05. The highest BCUT2D eigenvalue weighted by molar-refractivity contribution is 4.94. The second-order valence-corrected chi connectivity index (χ2v) is 4.37. The summed E-state index contributed by atoms with van der Waals surface area (Å²) in [5, 5.41) is 0. The maximum Gasteiger partial charge on any atom is 0.109 e. The summed E-state index contributed by atoms with van der Waals surface area (Å²) >= 11 is 0. The van der Waals surface area contributed by atoms with Crippen LogP contribution in [0.15, 0.2) is 12.4 Å². The highest BCUT2D eigenvalue weighted by Crippen LogP contribution is 2.08. The van der Waals surface area contributed by atoms with Crippen molar-refractivity contribution in [3.05, 3.63) is 18.2 Å². The van der Waals surface area contributed by atoms with E-state index >= 15 is 0 Å². The van der Waals surface area contributed by atoms with Gasteiger partial charge in [-0.15, -0.1) is 0 Å². The monoisotopic (exact) mass is 224 g/mol. The van der Waals surface area contributed by atoms with E-state index in [0.717, 1.165) is 18.7 Å². The molecule has 0 amide bonds. The van der Waals surface area contributed by atoms with Gasteiger partial charge < -0.3 is 4.57 Å². The van der Waals surface area contributed by atoms with E-state index in [-0.39, 0.29) is 0 Å². The van der Waals surface area contributed by atoms with Crippen molar-refractivity contribution in [2.75, 3.05) is 0 Å². The molecule has 1 aromatic heterocycles. The molecule has 3 N–H and O–H groups in total. The molecule has 0 fully saturated rings. The molecule has 1 heterocycles. The average Bonchev–Trinajstić information content (AvgIpc) is 2.68. The first-order chi connectivity index (χ1) is 7.77. The summed E-state index contributed by atoms with van der Waals surface area (Å²) in [6.07, 6.45) is 11.0. The molecular formula is C12H24N4. The standard InChI is InChI=1S/C12H24N4/c1-3-4-5-6-7-11(15-13)10-12-14-8-9-16(12)2/h8-9,11,15H,3-7,10,13H2,1-2H3. The normalized spacial score (nSPS) is 12.9. The molecule has 0 saturated carbocycles. The number of aromatic nitrogens is 2. The fourth-order valence-corrected chi connectivity index (χ4v) is 1.88. The molecule has 1 rings (SSSR count). The van der Waals surface area contributed by atoms with Crippen LogP contribution in [-0.4, -0.2) is 15.6 Å². The smallest absolute Gasteiger partial charge is 0.109 e. The SMILES string of the molecule is CCCCCCC(Cc1nccn1C)NN. The molecule has 0 saturated heterocycles. The minimum absolute atomic E-state index is 0.345. The van der Waals surface area contributed by atoms with Gasteiger partial charge in [-0.05, 0) is 6.42 Å². The molecule has 4 nitrogen and oxygen atoms in total. The van der Waals surface area contributed by atoms with Crippen molar-refractivity contribution >= 4 is 0 Å². The Balaban J connectivity index is 2.29. The number of imidazole rings is 1. The van der Waals surface area contributed by atoms with Gasteiger partial charge in [-0.25, -0.2) is 4.98 Å². The van der Waals surface area contributed by atoms with E-state index in [1.165, 1.54) is 25.7 Å². The van der Waals surface area contributed by atoms with Crippen molar-refractivity contribution in [1.29, 1.82) is 0 Å². The summed E-state index contributed by atoms with van der Waals surface area (Å²) in [5.74, 6) is 6.66. The van der Waals surface area contributed by atoms with Crippen molar-refractivity contribution < 1.29 is 0 Å². The molecule has 0 radical (unpaired) electrons. The fourth-order valence-electron chi connectivity index (χ4n) is 1.88. The van der Waals surface area contributed by atoms with E-state index in [0.29, 0.717) is 6.04 Å². The Bertz CT molecular complexity index is 282. The summed E-state index contributed by atoms with van der Waals surface area (Å²) in [7, 11) is 2.02. The molecule has 1 aromatic rings. The number of aryl methyl sites for hydroxylation is 1. The second-order valence-electron chi connectivity index (χ2n) is 4.37. The zero-order valence-electron chi connectivity index (χ0n) is 10.4. The molecule has 92 valence electrons. The predicted octanol–water partition coefficient (Wildman–Crippen LogP) is 1.76. The lowest BCUT2D eigenvalue weighted by atomic mass is 10.0. The Morgan fingerprint density at radius 2 is 2.25 bits per heavy atom. The molecule has 0 bridgehead atoms. The van der Waals surface area contributed by atoms with Crippen molar-refractivity contribution in [3.63, 3.8) is 0 Å². The number of hydrogen-bond acceptors (Lipinski definition) is 3. The fraction of sp³-hybridized carbons (Fsp3) is 0.750. The molecule has 0 aliphatic rings.